The van der Waals surface area contributed by atoms with Crippen molar-refractivity contribution in [3.63, 3.8) is 0 Å². The molecule has 1 heterocycles. The van der Waals surface area contributed by atoms with Crippen molar-refractivity contribution in [2.75, 3.05) is 0 Å². The van der Waals surface area contributed by atoms with Crippen LogP contribution in [0.4, 0.5) is 18.9 Å². The molecule has 0 aliphatic carbocycles. The predicted octanol–water partition coefficient (Wildman–Crippen LogP) is 2.12. The Labute approximate surface area is 92.7 Å². The second-order valence-electron chi connectivity index (χ2n) is 3.14. The molecule has 0 bridgehead atoms. The van der Waals surface area contributed by atoms with Crippen molar-refractivity contribution in [3.8, 4) is 0 Å². The van der Waals surface area contributed by atoms with Gasteiger partial charge in [0, 0.05) is 11.8 Å². The van der Waals surface area contributed by atoms with Crippen LogP contribution < -0.4 is 5.56 Å². The van der Waals surface area contributed by atoms with Crippen molar-refractivity contribution in [2.45, 2.75) is 12.1 Å². The minimum atomic E-state index is -4.61. The van der Waals surface area contributed by atoms with Gasteiger partial charge in [-0.05, 0) is 6.07 Å². The molecule has 0 aliphatic heterocycles. The molecular formula is C9H7F3N2O3. The van der Waals surface area contributed by atoms with Gasteiger partial charge in [0.05, 0.1) is 4.92 Å². The highest BCUT2D eigenvalue weighted by Crippen LogP contribution is 2.34. The second kappa shape index (κ2) is 4.40. The number of rotatable bonds is 3. The van der Waals surface area contributed by atoms with Gasteiger partial charge in [0.1, 0.15) is 5.92 Å². The van der Waals surface area contributed by atoms with Crippen molar-refractivity contribution < 1.29 is 18.1 Å². The fourth-order valence-electron chi connectivity index (χ4n) is 1.24. The summed E-state index contributed by atoms with van der Waals surface area (Å²) in [7, 11) is 0. The number of hydrogen-bond donors (Lipinski definition) is 1. The summed E-state index contributed by atoms with van der Waals surface area (Å²) in [5, 5.41) is 10.3. The highest BCUT2D eigenvalue weighted by atomic mass is 19.4. The normalized spacial score (nSPS) is 13.1. The summed E-state index contributed by atoms with van der Waals surface area (Å²) < 4.78 is 37.4. The maximum atomic E-state index is 12.5. The molecule has 0 amide bonds. The number of nitrogens with one attached hydrogen (secondary N) is 1. The Morgan fingerprint density at radius 1 is 1.47 bits per heavy atom. The summed E-state index contributed by atoms with van der Waals surface area (Å²) in [6, 6.07) is 1.58. The number of hydrogen-bond acceptors (Lipinski definition) is 3. The van der Waals surface area contributed by atoms with E-state index in [9.17, 15) is 28.1 Å². The summed E-state index contributed by atoms with van der Waals surface area (Å²) in [5.74, 6) is -2.06. The summed E-state index contributed by atoms with van der Waals surface area (Å²) in [6.07, 6.45) is -4.00. The first-order valence-electron chi connectivity index (χ1n) is 4.34. The van der Waals surface area contributed by atoms with Crippen LogP contribution >= 0.6 is 0 Å². The number of aromatic nitrogens is 1. The lowest BCUT2D eigenvalue weighted by molar-refractivity contribution is -0.386. The van der Waals surface area contributed by atoms with Crippen molar-refractivity contribution in [3.05, 3.63) is 50.9 Å². The average Bonchev–Trinajstić information content (AvgIpc) is 2.15. The molecule has 0 aliphatic rings. The van der Waals surface area contributed by atoms with Crippen molar-refractivity contribution in [1.29, 1.82) is 0 Å². The van der Waals surface area contributed by atoms with E-state index in [4.69, 9.17) is 0 Å². The minimum absolute atomic E-state index is 0.483. The molecule has 1 unspecified atom stereocenters. The summed E-state index contributed by atoms with van der Waals surface area (Å²) >= 11 is 0. The molecule has 1 rings (SSSR count). The van der Waals surface area contributed by atoms with E-state index in [1.807, 2.05) is 4.98 Å². The molecule has 1 aromatic rings. The van der Waals surface area contributed by atoms with E-state index in [-0.39, 0.29) is 0 Å². The zero-order valence-electron chi connectivity index (χ0n) is 8.32. The van der Waals surface area contributed by atoms with Gasteiger partial charge in [-0.25, -0.2) is 0 Å². The van der Waals surface area contributed by atoms with Crippen molar-refractivity contribution in [1.82, 2.24) is 4.98 Å². The zero-order valence-corrected chi connectivity index (χ0v) is 8.32. The fourth-order valence-corrected chi connectivity index (χ4v) is 1.24. The Bertz CT molecular complexity index is 507. The van der Waals surface area contributed by atoms with Crippen LogP contribution in [0.2, 0.25) is 0 Å². The number of pyridine rings is 1. The van der Waals surface area contributed by atoms with E-state index in [1.165, 1.54) is 0 Å². The SMILES string of the molecule is C=CC(c1ccc([N+](=O)[O-])c(=O)[nH]1)C(F)(F)F. The molecule has 0 saturated heterocycles. The van der Waals surface area contributed by atoms with Crippen LogP contribution in [0.15, 0.2) is 29.6 Å². The van der Waals surface area contributed by atoms with Crippen LogP contribution in [0.1, 0.15) is 11.6 Å². The largest absolute Gasteiger partial charge is 0.400 e. The smallest absolute Gasteiger partial charge is 0.319 e. The Hall–Kier alpha value is -2.12. The molecule has 0 aromatic carbocycles. The van der Waals surface area contributed by atoms with E-state index in [0.29, 0.717) is 6.08 Å². The van der Waals surface area contributed by atoms with Gasteiger partial charge >= 0.3 is 17.4 Å². The molecule has 0 fully saturated rings. The molecule has 8 heteroatoms. The molecule has 1 N–H and O–H groups in total. The van der Waals surface area contributed by atoms with Gasteiger partial charge in [0.25, 0.3) is 0 Å². The number of alkyl halides is 3. The Kier molecular flexibility index (Phi) is 3.35. The van der Waals surface area contributed by atoms with Gasteiger partial charge in [0.2, 0.25) is 0 Å². The predicted molar refractivity (Wildman–Crippen MR) is 52.7 cm³/mol. The fraction of sp³-hybridized carbons (Fsp3) is 0.222. The lowest BCUT2D eigenvalue weighted by atomic mass is 10.0. The third-order valence-corrected chi connectivity index (χ3v) is 2.03. The lowest BCUT2D eigenvalue weighted by Gasteiger charge is -2.15. The standard InChI is InChI=1S/C9H7F3N2O3/c1-2-5(9(10,11)12)6-3-4-7(14(16)17)8(15)13-6/h2-5H,1H2,(H,13,15). The van der Waals surface area contributed by atoms with Gasteiger partial charge in [-0.3, -0.25) is 14.9 Å². The van der Waals surface area contributed by atoms with Crippen molar-refractivity contribution >= 4 is 5.69 Å². The number of H-pyrrole nitrogens is 1. The Morgan fingerprint density at radius 2 is 2.06 bits per heavy atom. The number of aromatic amines is 1. The molecule has 0 spiro atoms. The van der Waals surface area contributed by atoms with Gasteiger partial charge in [-0.1, -0.05) is 6.08 Å². The third kappa shape index (κ3) is 2.71. The summed E-state index contributed by atoms with van der Waals surface area (Å²) in [5.41, 5.74) is -2.47. The quantitative estimate of drug-likeness (QED) is 0.505. The van der Waals surface area contributed by atoms with Crippen molar-refractivity contribution in [2.24, 2.45) is 0 Å². The number of allylic oxidation sites excluding steroid dienone is 1. The molecule has 17 heavy (non-hydrogen) atoms. The van der Waals surface area contributed by atoms with Crippen LogP contribution in [0, 0.1) is 10.1 Å². The first kappa shape index (κ1) is 12.9. The maximum Gasteiger partial charge on any atom is 0.400 e. The topological polar surface area (TPSA) is 76.0 Å². The van der Waals surface area contributed by atoms with Crippen LogP contribution in [-0.2, 0) is 0 Å². The van der Waals surface area contributed by atoms with E-state index in [0.717, 1.165) is 12.1 Å². The molecule has 0 saturated carbocycles. The summed E-state index contributed by atoms with van der Waals surface area (Å²) in [4.78, 5) is 22.3. The Morgan fingerprint density at radius 3 is 2.41 bits per heavy atom. The van der Waals surface area contributed by atoms with E-state index in [2.05, 4.69) is 6.58 Å². The number of nitrogens with zero attached hydrogens (tertiary/aromatic N) is 1. The molecule has 5 nitrogen and oxygen atoms in total. The number of nitro groups is 1. The van der Waals surface area contributed by atoms with Crippen LogP contribution in [0.5, 0.6) is 0 Å². The number of halogens is 3. The second-order valence-corrected chi connectivity index (χ2v) is 3.14. The first-order chi connectivity index (χ1) is 7.77. The Balaban J connectivity index is 3.26. The summed E-state index contributed by atoms with van der Waals surface area (Å²) in [6.45, 7) is 3.02. The molecule has 1 aromatic heterocycles. The zero-order chi connectivity index (χ0) is 13.2. The molecule has 1 atom stereocenters. The van der Waals surface area contributed by atoms with E-state index < -0.39 is 34.0 Å². The third-order valence-electron chi connectivity index (χ3n) is 2.03. The highest BCUT2D eigenvalue weighted by molar-refractivity contribution is 5.29. The average molecular weight is 248 g/mol. The molecular weight excluding hydrogens is 241 g/mol. The van der Waals surface area contributed by atoms with E-state index >= 15 is 0 Å². The molecule has 0 radical (unpaired) electrons. The van der Waals surface area contributed by atoms with E-state index in [1.54, 1.807) is 0 Å². The van der Waals surface area contributed by atoms with Gasteiger partial charge < -0.3 is 4.98 Å². The first-order valence-corrected chi connectivity index (χ1v) is 4.34. The van der Waals surface area contributed by atoms with Crippen LogP contribution in [-0.4, -0.2) is 16.1 Å². The van der Waals surface area contributed by atoms with Gasteiger partial charge in [-0.2, -0.15) is 13.2 Å². The maximum absolute atomic E-state index is 12.5. The van der Waals surface area contributed by atoms with Crippen LogP contribution in [0.3, 0.4) is 0 Å². The minimum Gasteiger partial charge on any atom is -0.319 e. The van der Waals surface area contributed by atoms with Gasteiger partial charge in [-0.15, -0.1) is 6.58 Å². The van der Waals surface area contributed by atoms with Crippen LogP contribution in [0.25, 0.3) is 0 Å². The monoisotopic (exact) mass is 248 g/mol. The highest BCUT2D eigenvalue weighted by Gasteiger charge is 2.39. The van der Waals surface area contributed by atoms with Gasteiger partial charge in [0.15, 0.2) is 0 Å². The lowest BCUT2D eigenvalue weighted by Crippen LogP contribution is -2.23. The molecule has 92 valence electrons.